The van der Waals surface area contributed by atoms with E-state index in [0.29, 0.717) is 25.9 Å². The molecule has 0 spiro atoms. The van der Waals surface area contributed by atoms with E-state index in [4.69, 9.17) is 4.74 Å². The third kappa shape index (κ3) is 5.20. The van der Waals surface area contributed by atoms with Crippen molar-refractivity contribution in [1.29, 1.82) is 0 Å². The molecule has 7 nitrogen and oxygen atoms in total. The maximum atomic E-state index is 14.2. The number of carbonyl (C=O) groups is 1. The van der Waals surface area contributed by atoms with Crippen LogP contribution in [0.15, 0.2) is 53.4 Å². The number of nitrogens with one attached hydrogen (secondary N) is 1. The molecule has 0 radical (unpaired) electrons. The first-order valence-electron chi connectivity index (χ1n) is 11.2. The van der Waals surface area contributed by atoms with E-state index in [1.54, 1.807) is 7.11 Å². The van der Waals surface area contributed by atoms with Crippen LogP contribution in [-0.4, -0.2) is 70.5 Å². The molecule has 2 aromatic carbocycles. The van der Waals surface area contributed by atoms with E-state index < -0.39 is 21.9 Å². The van der Waals surface area contributed by atoms with Crippen molar-refractivity contribution in [2.24, 2.45) is 5.92 Å². The minimum absolute atomic E-state index is 0.0523. The normalized spacial score (nSPS) is 24.1. The van der Waals surface area contributed by atoms with Gasteiger partial charge in [0.15, 0.2) is 0 Å². The summed E-state index contributed by atoms with van der Waals surface area (Å²) in [4.78, 5) is 17.2. The molecule has 9 heteroatoms. The number of piperazine rings is 1. The zero-order valence-electron chi connectivity index (χ0n) is 18.9. The number of rotatable bonds is 6. The van der Waals surface area contributed by atoms with Gasteiger partial charge >= 0.3 is 0 Å². The summed E-state index contributed by atoms with van der Waals surface area (Å²) in [5.41, 5.74) is 0.968. The van der Waals surface area contributed by atoms with Gasteiger partial charge in [0.05, 0.1) is 7.11 Å². The maximum absolute atomic E-state index is 14.2. The monoisotopic (exact) mass is 475 g/mol. The first-order chi connectivity index (χ1) is 15.8. The molecular weight excluding hydrogens is 445 g/mol. The predicted molar refractivity (Wildman–Crippen MR) is 123 cm³/mol. The van der Waals surface area contributed by atoms with E-state index in [-0.39, 0.29) is 22.6 Å². The lowest BCUT2D eigenvalue weighted by Crippen LogP contribution is -2.49. The summed E-state index contributed by atoms with van der Waals surface area (Å²) in [6.45, 7) is 2.95. The van der Waals surface area contributed by atoms with E-state index in [2.05, 4.69) is 9.62 Å². The highest BCUT2D eigenvalue weighted by molar-refractivity contribution is 7.89. The van der Waals surface area contributed by atoms with Gasteiger partial charge in [-0.25, -0.2) is 17.5 Å². The molecule has 3 atom stereocenters. The van der Waals surface area contributed by atoms with Crippen LogP contribution in [0, 0.1) is 11.7 Å². The smallest absolute Gasteiger partial charge is 0.243 e. The van der Waals surface area contributed by atoms with Crippen LogP contribution in [0.2, 0.25) is 0 Å². The number of hydrogen-bond donors (Lipinski definition) is 1. The van der Waals surface area contributed by atoms with Gasteiger partial charge in [-0.1, -0.05) is 24.3 Å². The van der Waals surface area contributed by atoms with Crippen LogP contribution in [0.5, 0.6) is 5.75 Å². The molecule has 2 aliphatic rings. The second kappa shape index (κ2) is 9.79. The van der Waals surface area contributed by atoms with Gasteiger partial charge in [-0.3, -0.25) is 4.79 Å². The molecule has 1 N–H and O–H groups in total. The molecule has 0 aromatic heterocycles. The van der Waals surface area contributed by atoms with Crippen molar-refractivity contribution in [1.82, 2.24) is 14.5 Å². The van der Waals surface area contributed by atoms with Crippen LogP contribution in [0.25, 0.3) is 0 Å². The Morgan fingerprint density at radius 1 is 1.03 bits per heavy atom. The number of benzene rings is 2. The molecule has 33 heavy (non-hydrogen) atoms. The Balaban J connectivity index is 1.57. The Morgan fingerprint density at radius 2 is 1.70 bits per heavy atom. The first kappa shape index (κ1) is 23.7. The maximum Gasteiger partial charge on any atom is 0.243 e. The van der Waals surface area contributed by atoms with Crippen LogP contribution >= 0.6 is 0 Å². The van der Waals surface area contributed by atoms with Gasteiger partial charge in [0.25, 0.3) is 0 Å². The lowest BCUT2D eigenvalue weighted by atomic mass is 9.87. The summed E-state index contributed by atoms with van der Waals surface area (Å²) >= 11 is 0. The van der Waals surface area contributed by atoms with Crippen molar-refractivity contribution >= 4 is 15.9 Å². The van der Waals surface area contributed by atoms with Crippen LogP contribution in [0.1, 0.15) is 24.3 Å². The zero-order valence-corrected chi connectivity index (χ0v) is 19.7. The van der Waals surface area contributed by atoms with Crippen molar-refractivity contribution in [2.75, 3.05) is 40.3 Å². The summed E-state index contributed by atoms with van der Waals surface area (Å²) in [5, 5.41) is 0. The molecule has 4 rings (SSSR count). The van der Waals surface area contributed by atoms with Crippen LogP contribution in [0.4, 0.5) is 4.39 Å². The predicted octanol–water partition coefficient (Wildman–Crippen LogP) is 2.45. The number of hydrogen-bond acceptors (Lipinski definition) is 5. The fraction of sp³-hybridized carbons (Fsp3) is 0.458. The molecule has 178 valence electrons. The van der Waals surface area contributed by atoms with E-state index in [0.717, 1.165) is 30.5 Å². The van der Waals surface area contributed by atoms with Crippen LogP contribution < -0.4 is 9.46 Å². The number of ether oxygens (including phenoxy) is 1. The van der Waals surface area contributed by atoms with Gasteiger partial charge in [-0.15, -0.1) is 0 Å². The zero-order chi connectivity index (χ0) is 23.6. The summed E-state index contributed by atoms with van der Waals surface area (Å²) in [5.74, 6) is -0.515. The van der Waals surface area contributed by atoms with E-state index in [9.17, 15) is 17.6 Å². The van der Waals surface area contributed by atoms with Gasteiger partial charge in [-0.05, 0) is 55.6 Å². The summed E-state index contributed by atoms with van der Waals surface area (Å²) in [6.07, 6.45) is 0.833. The molecule has 2 fully saturated rings. The number of sulfonamides is 1. The molecule has 1 heterocycles. The topological polar surface area (TPSA) is 78.9 Å². The summed E-state index contributed by atoms with van der Waals surface area (Å²) < 4.78 is 47.8. The Morgan fingerprint density at radius 3 is 2.33 bits per heavy atom. The van der Waals surface area contributed by atoms with Crippen molar-refractivity contribution in [3.05, 3.63) is 59.9 Å². The van der Waals surface area contributed by atoms with Crippen molar-refractivity contribution in [3.8, 4) is 5.75 Å². The second-order valence-corrected chi connectivity index (χ2v) is 10.5. The van der Waals surface area contributed by atoms with Crippen molar-refractivity contribution in [2.45, 2.75) is 29.7 Å². The van der Waals surface area contributed by atoms with E-state index >= 15 is 0 Å². The van der Waals surface area contributed by atoms with Gasteiger partial charge in [0.2, 0.25) is 15.9 Å². The van der Waals surface area contributed by atoms with E-state index in [1.807, 2.05) is 36.2 Å². The molecule has 1 saturated heterocycles. The third-order valence-electron chi connectivity index (χ3n) is 6.69. The third-order valence-corrected chi connectivity index (χ3v) is 8.24. The van der Waals surface area contributed by atoms with Gasteiger partial charge in [0, 0.05) is 38.1 Å². The number of nitrogens with zero attached hydrogens (tertiary/aromatic N) is 2. The minimum Gasteiger partial charge on any atom is -0.497 e. The minimum atomic E-state index is -4.05. The lowest BCUT2D eigenvalue weighted by molar-refractivity contribution is -0.137. The molecular formula is C24H30FN3O4S. The second-order valence-electron chi connectivity index (χ2n) is 8.83. The number of methoxy groups -OCH3 is 1. The van der Waals surface area contributed by atoms with E-state index in [1.165, 1.54) is 18.2 Å². The largest absolute Gasteiger partial charge is 0.497 e. The number of carbonyl (C=O) groups excluding carboxylic acids is 1. The highest BCUT2D eigenvalue weighted by Crippen LogP contribution is 2.42. The number of likely N-dealkylation sites (N-methyl/N-ethyl adjacent to an activating group) is 1. The molecule has 1 aliphatic carbocycles. The average molecular weight is 476 g/mol. The van der Waals surface area contributed by atoms with Crippen molar-refractivity contribution < 1.29 is 22.3 Å². The Bertz CT molecular complexity index is 1090. The van der Waals surface area contributed by atoms with Crippen LogP contribution in [0.3, 0.4) is 0 Å². The summed E-state index contributed by atoms with van der Waals surface area (Å²) in [6, 6.07) is 12.4. The first-order valence-corrected chi connectivity index (χ1v) is 12.6. The summed E-state index contributed by atoms with van der Waals surface area (Å²) in [7, 11) is -0.421. The van der Waals surface area contributed by atoms with Gasteiger partial charge < -0.3 is 14.5 Å². The molecule has 1 saturated carbocycles. The molecule has 2 aromatic rings. The molecule has 1 amide bonds. The lowest BCUT2D eigenvalue weighted by Gasteiger charge is -2.35. The van der Waals surface area contributed by atoms with Crippen molar-refractivity contribution in [3.63, 3.8) is 0 Å². The molecule has 1 aliphatic heterocycles. The molecule has 0 bridgehead atoms. The van der Waals surface area contributed by atoms with Crippen LogP contribution in [-0.2, 0) is 14.8 Å². The average Bonchev–Trinajstić information content (AvgIpc) is 3.22. The Labute approximate surface area is 194 Å². The fourth-order valence-electron chi connectivity index (χ4n) is 4.83. The molecule has 0 unspecified atom stereocenters. The fourth-order valence-corrected chi connectivity index (χ4v) is 6.17. The van der Waals surface area contributed by atoms with Gasteiger partial charge in [-0.2, -0.15) is 0 Å². The SMILES string of the molecule is COc1ccc([C@H]2C[C@H](NS(=O)(=O)c3ccccc3F)C[C@@H]2C(=O)N2CCN(C)CC2)cc1. The highest BCUT2D eigenvalue weighted by atomic mass is 32.2. The highest BCUT2D eigenvalue weighted by Gasteiger charge is 2.43. The Kier molecular flexibility index (Phi) is 7.02. The standard InChI is InChI=1S/C24H30FN3O4S/c1-27-11-13-28(14-12-27)24(29)21-16-18(15-20(21)17-7-9-19(32-2)10-8-17)26-33(30,31)23-6-4-3-5-22(23)25/h3-10,18,20-21,26H,11-16H2,1-2H3/t18-,20+,21-/m0/s1. The Hall–Kier alpha value is -2.49. The van der Waals surface area contributed by atoms with Gasteiger partial charge in [0.1, 0.15) is 16.5 Å². The quantitative estimate of drug-likeness (QED) is 0.695. The number of amides is 1. The number of halogens is 1.